The van der Waals surface area contributed by atoms with E-state index >= 15 is 0 Å². The van der Waals surface area contributed by atoms with E-state index < -0.39 is 11.6 Å². The molecule has 4 aliphatic rings. The average Bonchev–Trinajstić information content (AvgIpc) is 3.57. The lowest BCUT2D eigenvalue weighted by atomic mass is 9.82. The molecule has 9 heteroatoms. The van der Waals surface area contributed by atoms with Gasteiger partial charge in [0.1, 0.15) is 12.3 Å². The number of amides is 1. The zero-order valence-corrected chi connectivity index (χ0v) is 19.8. The van der Waals surface area contributed by atoms with Crippen LogP contribution in [0.3, 0.4) is 0 Å². The number of nitrogens with one attached hydrogen (secondary N) is 1. The summed E-state index contributed by atoms with van der Waals surface area (Å²) in [6, 6.07) is 5.40. The summed E-state index contributed by atoms with van der Waals surface area (Å²) in [4.78, 5) is 26.9. The van der Waals surface area contributed by atoms with Crippen LogP contribution in [0.2, 0.25) is 0 Å². The summed E-state index contributed by atoms with van der Waals surface area (Å²) in [5, 5.41) is 20.2. The Morgan fingerprint density at radius 3 is 2.70 bits per heavy atom. The van der Waals surface area contributed by atoms with Crippen molar-refractivity contribution in [2.24, 2.45) is 11.8 Å². The van der Waals surface area contributed by atoms with Gasteiger partial charge < -0.3 is 24.2 Å². The molecule has 1 saturated carbocycles. The Balaban J connectivity index is 1.28. The van der Waals surface area contributed by atoms with Crippen LogP contribution in [0.15, 0.2) is 28.1 Å². The number of anilines is 1. The number of hydrogen-bond donors (Lipinski definition) is 2. The Morgan fingerprint density at radius 1 is 1.30 bits per heavy atom. The zero-order chi connectivity index (χ0) is 23.1. The maximum absolute atomic E-state index is 13.5. The predicted molar refractivity (Wildman–Crippen MR) is 122 cm³/mol. The monoisotopic (exact) mass is 474 g/mol. The van der Waals surface area contributed by atoms with Crippen LogP contribution >= 0.6 is 11.3 Å². The maximum Gasteiger partial charge on any atom is 0.344 e. The molecule has 6 rings (SSSR count). The van der Waals surface area contributed by atoms with Gasteiger partial charge in [0, 0.05) is 35.6 Å². The van der Waals surface area contributed by atoms with Crippen LogP contribution in [0.4, 0.5) is 5.82 Å². The molecule has 3 saturated heterocycles. The third-order valence-corrected chi connectivity index (χ3v) is 8.82. The van der Waals surface area contributed by atoms with E-state index in [4.69, 9.17) is 9.26 Å². The number of carbonyl (C=O) groups is 2. The predicted octanol–water partition coefficient (Wildman–Crippen LogP) is 3.21. The summed E-state index contributed by atoms with van der Waals surface area (Å²) in [5.74, 6) is 0.605. The molecule has 1 aliphatic carbocycles. The number of thiophene rings is 1. The van der Waals surface area contributed by atoms with Crippen molar-refractivity contribution in [2.75, 3.05) is 31.5 Å². The Kier molecular flexibility index (Phi) is 6.05. The molecule has 2 aromatic heterocycles. The highest BCUT2D eigenvalue weighted by Crippen LogP contribution is 2.44. The fourth-order valence-electron chi connectivity index (χ4n) is 6.02. The van der Waals surface area contributed by atoms with E-state index in [-0.39, 0.29) is 23.8 Å². The molecule has 2 bridgehead atoms. The van der Waals surface area contributed by atoms with Gasteiger partial charge >= 0.3 is 5.97 Å². The van der Waals surface area contributed by atoms with Crippen molar-refractivity contribution < 1.29 is 28.4 Å². The maximum atomic E-state index is 13.5. The molecule has 0 radical (unpaired) electrons. The summed E-state index contributed by atoms with van der Waals surface area (Å²) in [6.45, 7) is 4.47. The Morgan fingerprint density at radius 2 is 2.06 bits per heavy atom. The molecule has 8 nitrogen and oxygen atoms in total. The first-order valence-electron chi connectivity index (χ1n) is 11.9. The number of aromatic nitrogens is 1. The summed E-state index contributed by atoms with van der Waals surface area (Å²) in [6.07, 6.45) is 5.26. The van der Waals surface area contributed by atoms with Crippen molar-refractivity contribution >= 4 is 29.0 Å². The first-order valence-corrected chi connectivity index (χ1v) is 12.8. The van der Waals surface area contributed by atoms with E-state index in [0.717, 1.165) is 51.6 Å². The van der Waals surface area contributed by atoms with Gasteiger partial charge in [-0.05, 0) is 31.2 Å². The molecule has 1 unspecified atom stereocenters. The molecule has 2 N–H and O–H groups in total. The molecule has 178 valence electrons. The lowest BCUT2D eigenvalue weighted by Crippen LogP contribution is -2.66. The lowest BCUT2D eigenvalue weighted by molar-refractivity contribution is -0.939. The van der Waals surface area contributed by atoms with E-state index in [1.165, 1.54) is 11.3 Å². The van der Waals surface area contributed by atoms with Crippen LogP contribution < -0.4 is 5.32 Å². The molecule has 3 aliphatic heterocycles. The average molecular weight is 475 g/mol. The molecule has 0 aromatic carbocycles. The van der Waals surface area contributed by atoms with Crippen LogP contribution in [0.25, 0.3) is 0 Å². The van der Waals surface area contributed by atoms with Crippen molar-refractivity contribution in [1.29, 1.82) is 0 Å². The smallest absolute Gasteiger partial charge is 0.344 e. The summed E-state index contributed by atoms with van der Waals surface area (Å²) in [5.41, 5.74) is -1.58. The Hall–Kier alpha value is -2.23. The summed E-state index contributed by atoms with van der Waals surface area (Å²) in [7, 11) is 0. The van der Waals surface area contributed by atoms with Gasteiger partial charge in [-0.15, -0.1) is 11.3 Å². The van der Waals surface area contributed by atoms with Crippen LogP contribution in [-0.2, 0) is 19.9 Å². The van der Waals surface area contributed by atoms with Gasteiger partial charge in [-0.2, -0.15) is 0 Å². The van der Waals surface area contributed by atoms with E-state index in [1.807, 2.05) is 17.5 Å². The highest BCUT2D eigenvalue weighted by atomic mass is 32.1. The number of fused-ring (bicyclic) bond motifs is 3. The SMILES string of the molecule is Cc1cc(NC(=O)C[N+]23CCC(CC2)C(OC(=O)[C@@](O)(c2cccs2)C2CCCC2)C3)no1. The number of piperidine rings is 3. The number of ether oxygens (including phenoxy) is 1. The number of hydrogen-bond acceptors (Lipinski definition) is 7. The molecule has 2 atom stereocenters. The first-order chi connectivity index (χ1) is 15.9. The van der Waals surface area contributed by atoms with Crippen molar-refractivity contribution in [1.82, 2.24) is 5.16 Å². The number of quaternary nitrogens is 1. The van der Waals surface area contributed by atoms with Crippen LogP contribution in [0.1, 0.15) is 49.2 Å². The molecule has 4 fully saturated rings. The molecule has 0 spiro atoms. The third-order valence-electron chi connectivity index (χ3n) is 7.83. The number of nitrogens with zero attached hydrogens (tertiary/aromatic N) is 2. The van der Waals surface area contributed by atoms with Crippen molar-refractivity contribution in [3.63, 3.8) is 0 Å². The standard InChI is InChI=1S/C24H31N3O5S/c1-16-13-21(26-32-16)25-22(28)15-27-10-8-17(9-11-27)19(14-27)31-23(29)24(30,18-5-2-3-6-18)20-7-4-12-33-20/h4,7,12-13,17-19,30H,2-3,5-6,8-11,14-15H2,1H3/p+1/t17?,19?,24-,27?/m0/s1. The molecule has 33 heavy (non-hydrogen) atoms. The molecule has 2 aromatic rings. The molecule has 1 amide bonds. The van der Waals surface area contributed by atoms with Crippen molar-refractivity contribution in [2.45, 2.75) is 57.2 Å². The molecule has 5 heterocycles. The second-order valence-corrected chi connectivity index (χ2v) is 11.0. The summed E-state index contributed by atoms with van der Waals surface area (Å²) < 4.78 is 11.7. The second kappa shape index (κ2) is 8.85. The van der Waals surface area contributed by atoms with Gasteiger partial charge in [0.2, 0.25) is 0 Å². The lowest BCUT2D eigenvalue weighted by Gasteiger charge is -2.51. The highest BCUT2D eigenvalue weighted by molar-refractivity contribution is 7.10. The molecular formula is C24H32N3O5S+. The van der Waals surface area contributed by atoms with Crippen molar-refractivity contribution in [3.05, 3.63) is 34.2 Å². The van der Waals surface area contributed by atoms with Gasteiger partial charge in [0.15, 0.2) is 24.1 Å². The number of rotatable bonds is 7. The van der Waals surface area contributed by atoms with Gasteiger partial charge in [-0.1, -0.05) is 24.1 Å². The van der Waals surface area contributed by atoms with E-state index in [1.54, 1.807) is 13.0 Å². The largest absolute Gasteiger partial charge is 0.454 e. The number of carbonyl (C=O) groups excluding carboxylic acids is 2. The number of aryl methyl sites for hydroxylation is 1. The number of esters is 1. The Bertz CT molecular complexity index is 992. The fourth-order valence-corrected chi connectivity index (χ4v) is 6.91. The van der Waals surface area contributed by atoms with Gasteiger partial charge in [0.25, 0.3) is 5.91 Å². The quantitative estimate of drug-likeness (QED) is 0.472. The summed E-state index contributed by atoms with van der Waals surface area (Å²) >= 11 is 1.41. The van der Waals surface area contributed by atoms with Gasteiger partial charge in [0.05, 0.1) is 13.1 Å². The zero-order valence-electron chi connectivity index (χ0n) is 19.0. The minimum absolute atomic E-state index is 0.107. The number of aliphatic hydroxyl groups is 1. The van der Waals surface area contributed by atoms with Gasteiger partial charge in [-0.25, -0.2) is 4.79 Å². The Labute approximate surface area is 197 Å². The van der Waals surface area contributed by atoms with Gasteiger partial charge in [-0.3, -0.25) is 4.79 Å². The minimum atomic E-state index is -1.58. The van der Waals surface area contributed by atoms with E-state index in [0.29, 0.717) is 34.0 Å². The third kappa shape index (κ3) is 4.34. The minimum Gasteiger partial charge on any atom is -0.454 e. The first kappa shape index (κ1) is 22.6. The van der Waals surface area contributed by atoms with Crippen molar-refractivity contribution in [3.8, 4) is 0 Å². The topological polar surface area (TPSA) is 102 Å². The highest BCUT2D eigenvalue weighted by Gasteiger charge is 2.53. The van der Waals surface area contributed by atoms with Crippen LogP contribution in [0, 0.1) is 18.8 Å². The normalized spacial score (nSPS) is 29.0. The van der Waals surface area contributed by atoms with Crippen LogP contribution in [0.5, 0.6) is 0 Å². The van der Waals surface area contributed by atoms with Crippen LogP contribution in [-0.4, -0.2) is 58.9 Å². The molecular weight excluding hydrogens is 442 g/mol. The second-order valence-electron chi connectivity index (χ2n) is 10.0. The fraction of sp³-hybridized carbons (Fsp3) is 0.625. The van der Waals surface area contributed by atoms with E-state index in [9.17, 15) is 14.7 Å². The van der Waals surface area contributed by atoms with E-state index in [2.05, 4.69) is 10.5 Å².